The van der Waals surface area contributed by atoms with Crippen molar-refractivity contribution in [3.63, 3.8) is 0 Å². The maximum Gasteiger partial charge on any atom is 0.417 e. The molecule has 0 radical (unpaired) electrons. The van der Waals surface area contributed by atoms with Gasteiger partial charge in [0.15, 0.2) is 0 Å². The van der Waals surface area contributed by atoms with Crippen LogP contribution in [0.25, 0.3) is 11.6 Å². The van der Waals surface area contributed by atoms with Crippen molar-refractivity contribution in [2.24, 2.45) is 0 Å². The van der Waals surface area contributed by atoms with Crippen LogP contribution in [-0.2, 0) is 25.6 Å². The van der Waals surface area contributed by atoms with E-state index in [1.807, 2.05) is 6.92 Å². The molecule has 1 aliphatic heterocycles. The molecule has 218 valence electrons. The Morgan fingerprint density at radius 3 is 2.40 bits per heavy atom. The van der Waals surface area contributed by atoms with Gasteiger partial charge < -0.3 is 10.2 Å². The molecule has 0 spiro atoms. The van der Waals surface area contributed by atoms with Crippen molar-refractivity contribution in [2.45, 2.75) is 45.5 Å². The first kappa shape index (κ1) is 29.2. The zero-order valence-corrected chi connectivity index (χ0v) is 24.5. The van der Waals surface area contributed by atoms with Crippen LogP contribution in [0.15, 0.2) is 64.0 Å². The summed E-state index contributed by atoms with van der Waals surface area (Å²) in [5.74, 6) is -0.698. The number of benzene rings is 2. The molecule has 0 saturated heterocycles. The van der Waals surface area contributed by atoms with Gasteiger partial charge in [-0.05, 0) is 68.3 Å². The number of rotatable bonds is 5. The molecule has 0 saturated carbocycles. The predicted molar refractivity (Wildman–Crippen MR) is 152 cm³/mol. The highest BCUT2D eigenvalue weighted by Crippen LogP contribution is 2.36. The molecular formula is C29H26BrF3N6O3. The average molecular weight is 643 g/mol. The normalized spacial score (nSPS) is 14.9. The minimum absolute atomic E-state index is 0.0761. The van der Waals surface area contributed by atoms with Crippen molar-refractivity contribution in [2.75, 3.05) is 7.05 Å². The number of hydrogen-bond donors (Lipinski definition) is 1. The summed E-state index contributed by atoms with van der Waals surface area (Å²) in [6.07, 6.45) is -2.17. The van der Waals surface area contributed by atoms with E-state index in [-0.39, 0.29) is 40.4 Å². The standard InChI is InChI=1S/C29H26BrF3N6O3/c1-4-19-11-12-38(36-19)28-35-24-15-37(26(41)18-7-10-23(30)22(14-18)29(31,32)33)16(2)13-21(24)27(42)39(28)20-8-5-17(6-9-20)25(40)34-3/h5-12,14,16H,4,13,15H2,1-3H3,(H,34,40)/t16-/m1/s1. The molecule has 5 rings (SSSR count). The SMILES string of the molecule is CCc1ccn(-c2nc3c(c(=O)n2-c2ccc(C(=O)NC)cc2)C[C@@H](C)N(C(=O)c2ccc(Br)c(C(F)(F)F)c2)C3)n1. The molecule has 2 aromatic heterocycles. The largest absolute Gasteiger partial charge is 0.417 e. The second kappa shape index (κ2) is 11.2. The molecule has 2 amide bonds. The fraction of sp³-hybridized carbons (Fsp3) is 0.276. The van der Waals surface area contributed by atoms with Crippen molar-refractivity contribution in [1.29, 1.82) is 0 Å². The van der Waals surface area contributed by atoms with Crippen molar-refractivity contribution in [3.8, 4) is 11.6 Å². The van der Waals surface area contributed by atoms with Crippen LogP contribution >= 0.6 is 15.9 Å². The van der Waals surface area contributed by atoms with Crippen LogP contribution in [0.1, 0.15) is 57.1 Å². The smallest absolute Gasteiger partial charge is 0.355 e. The Bertz CT molecular complexity index is 1750. The number of carbonyl (C=O) groups is 2. The number of aromatic nitrogens is 4. The third-order valence-corrected chi connectivity index (χ3v) is 7.89. The van der Waals surface area contributed by atoms with E-state index < -0.39 is 23.7 Å². The Balaban J connectivity index is 1.60. The predicted octanol–water partition coefficient (Wildman–Crippen LogP) is 4.71. The van der Waals surface area contributed by atoms with Crippen molar-refractivity contribution < 1.29 is 22.8 Å². The Kier molecular flexibility index (Phi) is 7.80. The topological polar surface area (TPSA) is 102 Å². The first-order chi connectivity index (χ1) is 19.9. The first-order valence-corrected chi connectivity index (χ1v) is 13.9. The van der Waals surface area contributed by atoms with Crippen molar-refractivity contribution >= 4 is 27.7 Å². The Morgan fingerprint density at radius 2 is 1.79 bits per heavy atom. The fourth-order valence-electron chi connectivity index (χ4n) is 4.91. The van der Waals surface area contributed by atoms with Crippen LogP contribution in [0, 0.1) is 0 Å². The van der Waals surface area contributed by atoms with Gasteiger partial charge in [0, 0.05) is 40.4 Å². The number of halogens is 4. The van der Waals surface area contributed by atoms with Crippen LogP contribution in [0.5, 0.6) is 0 Å². The highest BCUT2D eigenvalue weighted by atomic mass is 79.9. The lowest BCUT2D eigenvalue weighted by Gasteiger charge is -2.34. The Labute approximate surface area is 247 Å². The summed E-state index contributed by atoms with van der Waals surface area (Å²) in [6.45, 7) is 3.60. The number of carbonyl (C=O) groups excluding carboxylic acids is 2. The molecule has 1 N–H and O–H groups in total. The van der Waals surface area contributed by atoms with E-state index in [0.29, 0.717) is 28.9 Å². The summed E-state index contributed by atoms with van der Waals surface area (Å²) in [5.41, 5.74) is 0.940. The highest BCUT2D eigenvalue weighted by molar-refractivity contribution is 9.10. The van der Waals surface area contributed by atoms with Gasteiger partial charge in [-0.3, -0.25) is 14.4 Å². The van der Waals surface area contributed by atoms with Crippen molar-refractivity contribution in [3.05, 3.63) is 103 Å². The molecule has 9 nitrogen and oxygen atoms in total. The molecule has 4 aromatic rings. The zero-order chi connectivity index (χ0) is 30.3. The number of alkyl halides is 3. The third kappa shape index (κ3) is 5.36. The van der Waals surface area contributed by atoms with E-state index >= 15 is 0 Å². The first-order valence-electron chi connectivity index (χ1n) is 13.1. The number of nitrogens with one attached hydrogen (secondary N) is 1. The second-order valence-electron chi connectivity index (χ2n) is 9.89. The highest BCUT2D eigenvalue weighted by Gasteiger charge is 2.36. The molecule has 0 fully saturated rings. The van der Waals surface area contributed by atoms with E-state index in [4.69, 9.17) is 4.98 Å². The third-order valence-electron chi connectivity index (χ3n) is 7.20. The van der Waals surface area contributed by atoms with Gasteiger partial charge in [-0.25, -0.2) is 14.2 Å². The molecular weight excluding hydrogens is 617 g/mol. The van der Waals surface area contributed by atoms with Gasteiger partial charge in [0.05, 0.1) is 29.2 Å². The molecule has 42 heavy (non-hydrogen) atoms. The summed E-state index contributed by atoms with van der Waals surface area (Å²) < 4.78 is 43.3. The van der Waals surface area contributed by atoms with Crippen LogP contribution < -0.4 is 10.9 Å². The quantitative estimate of drug-likeness (QED) is 0.340. The van der Waals surface area contributed by atoms with E-state index in [1.165, 1.54) is 33.3 Å². The molecule has 2 aromatic carbocycles. The minimum atomic E-state index is -4.64. The van der Waals surface area contributed by atoms with Gasteiger partial charge in [-0.1, -0.05) is 22.9 Å². The lowest BCUT2D eigenvalue weighted by molar-refractivity contribution is -0.138. The van der Waals surface area contributed by atoms with Crippen LogP contribution in [0.4, 0.5) is 13.2 Å². The number of amides is 2. The number of hydrogen-bond acceptors (Lipinski definition) is 5. The van der Waals surface area contributed by atoms with E-state index in [9.17, 15) is 27.6 Å². The molecule has 0 bridgehead atoms. The van der Waals surface area contributed by atoms with E-state index in [1.54, 1.807) is 43.5 Å². The summed E-state index contributed by atoms with van der Waals surface area (Å²) in [6, 6.07) is 11.1. The van der Waals surface area contributed by atoms with E-state index in [2.05, 4.69) is 26.3 Å². The lowest BCUT2D eigenvalue weighted by atomic mass is 9.98. The van der Waals surface area contributed by atoms with Gasteiger partial charge in [0.25, 0.3) is 17.4 Å². The summed E-state index contributed by atoms with van der Waals surface area (Å²) in [7, 11) is 1.52. The lowest BCUT2D eigenvalue weighted by Crippen LogP contribution is -2.46. The van der Waals surface area contributed by atoms with Gasteiger partial charge in [0.1, 0.15) is 0 Å². The summed E-state index contributed by atoms with van der Waals surface area (Å²) in [4.78, 5) is 45.7. The van der Waals surface area contributed by atoms with Gasteiger partial charge in [-0.2, -0.15) is 18.3 Å². The molecule has 3 heterocycles. The van der Waals surface area contributed by atoms with E-state index in [0.717, 1.165) is 11.8 Å². The second-order valence-corrected chi connectivity index (χ2v) is 10.7. The Morgan fingerprint density at radius 1 is 1.10 bits per heavy atom. The summed E-state index contributed by atoms with van der Waals surface area (Å²) >= 11 is 2.91. The number of aryl methyl sites for hydroxylation is 1. The van der Waals surface area contributed by atoms with Crippen LogP contribution in [0.2, 0.25) is 0 Å². The van der Waals surface area contributed by atoms with Gasteiger partial charge in [0.2, 0.25) is 5.95 Å². The fourth-order valence-corrected chi connectivity index (χ4v) is 5.39. The van der Waals surface area contributed by atoms with Gasteiger partial charge in [-0.15, -0.1) is 0 Å². The Hall–Kier alpha value is -4.26. The average Bonchev–Trinajstić information content (AvgIpc) is 3.45. The molecule has 0 unspecified atom stereocenters. The number of nitrogens with zero attached hydrogens (tertiary/aromatic N) is 5. The van der Waals surface area contributed by atoms with Crippen LogP contribution in [0.3, 0.4) is 0 Å². The molecule has 1 aliphatic rings. The van der Waals surface area contributed by atoms with Crippen LogP contribution in [-0.4, -0.2) is 49.1 Å². The molecule has 0 aliphatic carbocycles. The maximum atomic E-state index is 14.0. The molecule has 13 heteroatoms. The molecule has 1 atom stereocenters. The zero-order valence-electron chi connectivity index (χ0n) is 22.9. The minimum Gasteiger partial charge on any atom is -0.355 e. The van der Waals surface area contributed by atoms with Gasteiger partial charge >= 0.3 is 6.18 Å². The summed E-state index contributed by atoms with van der Waals surface area (Å²) in [5, 5.41) is 7.09. The monoisotopic (exact) mass is 642 g/mol. The van der Waals surface area contributed by atoms with Crippen molar-refractivity contribution in [1.82, 2.24) is 29.5 Å². The number of fused-ring (bicyclic) bond motifs is 1. The maximum absolute atomic E-state index is 14.0.